The van der Waals surface area contributed by atoms with Crippen molar-refractivity contribution in [2.45, 2.75) is 104 Å². The van der Waals surface area contributed by atoms with Crippen LogP contribution in [0.3, 0.4) is 0 Å². The molecule has 2 aliphatic carbocycles. The molecule has 0 saturated heterocycles. The van der Waals surface area contributed by atoms with Gasteiger partial charge in [0.05, 0.1) is 24.4 Å². The third kappa shape index (κ3) is 7.72. The SMILES string of the molecule is C=C(C)[C@@H]1CCC(C)(C)[C@H](OC)[C@H]1C(Cc1ccccc1)OC(Cc1ccccc1)[C@@H]1[C@@H](OC)C(C)(C)CC[C@H]1C(=C)C. The molecule has 43 heavy (non-hydrogen) atoms. The summed E-state index contributed by atoms with van der Waals surface area (Å²) in [5.41, 5.74) is 5.15. The number of allylic oxidation sites excluding steroid dienone is 2. The minimum atomic E-state index is -0.0457. The average molecular weight is 587 g/mol. The molecule has 0 amide bonds. The summed E-state index contributed by atoms with van der Waals surface area (Å²) in [7, 11) is 3.78. The topological polar surface area (TPSA) is 27.7 Å². The molecule has 2 fully saturated rings. The number of benzene rings is 2. The molecule has 4 rings (SSSR count). The van der Waals surface area contributed by atoms with Crippen LogP contribution < -0.4 is 0 Å². The zero-order valence-corrected chi connectivity index (χ0v) is 28.3. The normalized spacial score (nSPS) is 29.9. The van der Waals surface area contributed by atoms with Gasteiger partial charge in [-0.1, -0.05) is 113 Å². The number of methoxy groups -OCH3 is 2. The molecule has 2 unspecified atom stereocenters. The van der Waals surface area contributed by atoms with Crippen molar-refractivity contribution >= 4 is 0 Å². The van der Waals surface area contributed by atoms with Gasteiger partial charge in [-0.3, -0.25) is 0 Å². The van der Waals surface area contributed by atoms with Crippen LogP contribution in [0.15, 0.2) is 85.0 Å². The van der Waals surface area contributed by atoms with Gasteiger partial charge in [-0.25, -0.2) is 0 Å². The van der Waals surface area contributed by atoms with Crippen LogP contribution in [0.4, 0.5) is 0 Å². The quantitative estimate of drug-likeness (QED) is 0.232. The van der Waals surface area contributed by atoms with Gasteiger partial charge in [0.1, 0.15) is 0 Å². The van der Waals surface area contributed by atoms with Gasteiger partial charge >= 0.3 is 0 Å². The molecule has 2 aromatic rings. The van der Waals surface area contributed by atoms with Crippen LogP contribution in [0.2, 0.25) is 0 Å². The highest BCUT2D eigenvalue weighted by Gasteiger charge is 2.52. The van der Waals surface area contributed by atoms with E-state index in [1.165, 1.54) is 22.3 Å². The Kier molecular flexibility index (Phi) is 11.2. The van der Waals surface area contributed by atoms with E-state index >= 15 is 0 Å². The van der Waals surface area contributed by atoms with E-state index in [0.717, 1.165) is 38.5 Å². The summed E-state index contributed by atoms with van der Waals surface area (Å²) in [6, 6.07) is 21.7. The molecule has 0 N–H and O–H groups in total. The lowest BCUT2D eigenvalue weighted by Gasteiger charge is -2.53. The molecule has 3 heteroatoms. The molecule has 0 bridgehead atoms. The predicted octanol–water partition coefficient (Wildman–Crippen LogP) is 9.51. The molecular formula is C40H58O3. The van der Waals surface area contributed by atoms with Gasteiger partial charge in [0, 0.05) is 26.1 Å². The molecule has 2 aliphatic rings. The highest BCUT2D eigenvalue weighted by atomic mass is 16.5. The average Bonchev–Trinajstić information content (AvgIpc) is 2.96. The monoisotopic (exact) mass is 586 g/mol. The number of hydrogen-bond acceptors (Lipinski definition) is 3. The van der Waals surface area contributed by atoms with Crippen molar-refractivity contribution in [3.63, 3.8) is 0 Å². The fourth-order valence-electron chi connectivity index (χ4n) is 8.67. The first kappa shape index (κ1) is 33.7. The molecule has 0 heterocycles. The Bertz CT molecular complexity index is 1090. The van der Waals surface area contributed by atoms with E-state index in [0.29, 0.717) is 11.8 Å². The second-order valence-electron chi connectivity index (χ2n) is 15.0. The van der Waals surface area contributed by atoms with Crippen LogP contribution in [0.5, 0.6) is 0 Å². The van der Waals surface area contributed by atoms with Gasteiger partial charge in [-0.15, -0.1) is 0 Å². The lowest BCUT2D eigenvalue weighted by molar-refractivity contribution is -0.183. The van der Waals surface area contributed by atoms with Crippen molar-refractivity contribution in [3.05, 3.63) is 96.1 Å². The molecule has 0 aliphatic heterocycles. The van der Waals surface area contributed by atoms with E-state index in [1.807, 2.05) is 14.2 Å². The zero-order chi connectivity index (χ0) is 31.4. The largest absolute Gasteiger partial charge is 0.380 e. The fourth-order valence-corrected chi connectivity index (χ4v) is 8.67. The van der Waals surface area contributed by atoms with Crippen molar-refractivity contribution in [1.82, 2.24) is 0 Å². The Morgan fingerprint density at radius 1 is 0.674 bits per heavy atom. The summed E-state index contributed by atoms with van der Waals surface area (Å²) in [4.78, 5) is 0. The van der Waals surface area contributed by atoms with E-state index in [4.69, 9.17) is 14.2 Å². The first-order valence-electron chi connectivity index (χ1n) is 16.5. The van der Waals surface area contributed by atoms with Crippen LogP contribution in [-0.4, -0.2) is 38.6 Å². The maximum atomic E-state index is 7.71. The Labute approximate surface area is 263 Å². The summed E-state index contributed by atoms with van der Waals surface area (Å²) in [6.45, 7) is 22.9. The zero-order valence-electron chi connectivity index (χ0n) is 28.3. The third-order valence-electron chi connectivity index (χ3n) is 10.9. The van der Waals surface area contributed by atoms with Crippen molar-refractivity contribution in [2.24, 2.45) is 34.5 Å². The van der Waals surface area contributed by atoms with Crippen LogP contribution >= 0.6 is 0 Å². The van der Waals surface area contributed by atoms with Crippen LogP contribution in [0.25, 0.3) is 0 Å². The van der Waals surface area contributed by atoms with Crippen LogP contribution in [0, 0.1) is 34.5 Å². The molecule has 2 saturated carbocycles. The Hall–Kier alpha value is -2.20. The standard InChI is InChI=1S/C40H58O3/c1-27(2)31-21-23-39(5,6)37(41-9)35(31)33(25-29-17-13-11-14-18-29)43-34(26-30-19-15-12-16-20-30)36-32(28(3)4)22-24-40(7,8)38(36)42-10/h11-20,31-38H,1,3,21-26H2,2,4-10H3/t31-,32-,33?,34?,35+,36+,37+,38+/m0/s1. The van der Waals surface area contributed by atoms with E-state index in [2.05, 4.69) is 115 Å². The molecule has 2 aromatic carbocycles. The van der Waals surface area contributed by atoms with Gasteiger partial charge < -0.3 is 14.2 Å². The molecule has 8 atom stereocenters. The summed E-state index contributed by atoms with van der Waals surface area (Å²) < 4.78 is 20.6. The lowest BCUT2D eigenvalue weighted by Crippen LogP contribution is -2.56. The van der Waals surface area contributed by atoms with Crippen molar-refractivity contribution in [1.29, 1.82) is 0 Å². The summed E-state index contributed by atoms with van der Waals surface area (Å²) >= 11 is 0. The highest BCUT2D eigenvalue weighted by Crippen LogP contribution is 2.51. The molecule has 0 aromatic heterocycles. The van der Waals surface area contributed by atoms with Crippen molar-refractivity contribution in [3.8, 4) is 0 Å². The molecule has 0 radical (unpaired) electrons. The Morgan fingerprint density at radius 3 is 1.33 bits per heavy atom. The van der Waals surface area contributed by atoms with E-state index in [1.54, 1.807) is 0 Å². The van der Waals surface area contributed by atoms with E-state index < -0.39 is 0 Å². The predicted molar refractivity (Wildman–Crippen MR) is 180 cm³/mol. The van der Waals surface area contributed by atoms with Gasteiger partial charge in [-0.05, 0) is 86.2 Å². The van der Waals surface area contributed by atoms with E-state index in [9.17, 15) is 0 Å². The first-order chi connectivity index (χ1) is 20.4. The molecule has 3 nitrogen and oxygen atoms in total. The fraction of sp³-hybridized carbons (Fsp3) is 0.600. The molecule has 236 valence electrons. The molecule has 0 spiro atoms. The van der Waals surface area contributed by atoms with Crippen molar-refractivity contribution < 1.29 is 14.2 Å². The minimum absolute atomic E-state index is 0.0424. The van der Waals surface area contributed by atoms with Gasteiger partial charge in [0.15, 0.2) is 0 Å². The summed E-state index contributed by atoms with van der Waals surface area (Å²) in [5, 5.41) is 0. The Balaban J connectivity index is 1.86. The maximum absolute atomic E-state index is 7.71. The second-order valence-corrected chi connectivity index (χ2v) is 15.0. The summed E-state index contributed by atoms with van der Waals surface area (Å²) in [5.74, 6) is 1.04. The van der Waals surface area contributed by atoms with Crippen molar-refractivity contribution in [2.75, 3.05) is 14.2 Å². The van der Waals surface area contributed by atoms with Crippen LogP contribution in [0.1, 0.15) is 78.4 Å². The number of hydrogen-bond donors (Lipinski definition) is 0. The van der Waals surface area contributed by atoms with Crippen LogP contribution in [-0.2, 0) is 27.1 Å². The second kappa shape index (κ2) is 14.3. The maximum Gasteiger partial charge on any atom is 0.0680 e. The third-order valence-corrected chi connectivity index (χ3v) is 10.9. The lowest BCUT2D eigenvalue weighted by atomic mass is 9.60. The minimum Gasteiger partial charge on any atom is -0.380 e. The first-order valence-corrected chi connectivity index (χ1v) is 16.5. The summed E-state index contributed by atoms with van der Waals surface area (Å²) in [6.07, 6.45) is 6.15. The van der Waals surface area contributed by atoms with E-state index in [-0.39, 0.29) is 47.1 Å². The smallest absolute Gasteiger partial charge is 0.0680 e. The van der Waals surface area contributed by atoms with Gasteiger partial charge in [0.2, 0.25) is 0 Å². The van der Waals surface area contributed by atoms with Gasteiger partial charge in [0.25, 0.3) is 0 Å². The molecular weight excluding hydrogens is 528 g/mol. The number of ether oxygens (including phenoxy) is 3. The number of rotatable bonds is 12. The van der Waals surface area contributed by atoms with Gasteiger partial charge in [-0.2, -0.15) is 0 Å². The Morgan fingerprint density at radius 2 is 1.02 bits per heavy atom. The highest BCUT2D eigenvalue weighted by molar-refractivity contribution is 5.20.